The first-order chi connectivity index (χ1) is 12.9. The van der Waals surface area contributed by atoms with Crippen molar-refractivity contribution in [3.63, 3.8) is 0 Å². The van der Waals surface area contributed by atoms with Gasteiger partial charge in [-0.3, -0.25) is 0 Å². The van der Waals surface area contributed by atoms with Gasteiger partial charge in [0.1, 0.15) is 13.1 Å². The highest BCUT2D eigenvalue weighted by atomic mass is 35.5. The Balaban J connectivity index is -0.000000177. The topological polar surface area (TPSA) is 80.6 Å². The molecule has 0 aliphatic heterocycles. The summed E-state index contributed by atoms with van der Waals surface area (Å²) in [6.07, 6.45) is 11.2. The van der Waals surface area contributed by atoms with Crippen molar-refractivity contribution in [1.82, 2.24) is 0 Å². The average molecular weight is 443 g/mol. The molecule has 0 atom stereocenters. The molecule has 0 aromatic heterocycles. The smallest absolute Gasteiger partial charge is 0.101 e. The molecule has 0 radical (unpaired) electrons. The van der Waals surface area contributed by atoms with E-state index in [2.05, 4.69) is 49.2 Å². The highest BCUT2D eigenvalue weighted by Gasteiger charge is 2.02. The molecule has 0 unspecified atom stereocenters. The maximum absolute atomic E-state index is 10.1. The third kappa shape index (κ3) is 52.3. The molecule has 0 bridgehead atoms. The van der Waals surface area contributed by atoms with E-state index in [0.717, 1.165) is 34.9 Å². The van der Waals surface area contributed by atoms with Crippen LogP contribution in [0.15, 0.2) is 0 Å². The SMILES string of the molecule is CCCCCCCCCCCC(=O)[O-].C[N+](C)(C)CCO.C[N+](C)(C)CCO.[Cl-]. The van der Waals surface area contributed by atoms with Crippen molar-refractivity contribution < 1.29 is 41.5 Å². The standard InChI is InChI=1S/C12H24O2.2C5H14NO.ClH/c1-2-3-4-5-6-7-8-9-10-11-12(13)14;2*1-6(2,3)4-5-7;/h2-11H2,1H3,(H,13,14);2*7H,4-5H2,1-3H3;1H/q;2*+1;/p-2. The number of quaternary nitrogens is 2. The van der Waals surface area contributed by atoms with Crippen molar-refractivity contribution >= 4 is 5.97 Å². The molecule has 7 heteroatoms. The van der Waals surface area contributed by atoms with Crippen molar-refractivity contribution in [2.45, 2.75) is 71.1 Å². The largest absolute Gasteiger partial charge is 1.00 e. The van der Waals surface area contributed by atoms with Gasteiger partial charge in [-0.1, -0.05) is 58.3 Å². The lowest BCUT2D eigenvalue weighted by atomic mass is 10.1. The summed E-state index contributed by atoms with van der Waals surface area (Å²) in [5, 5.41) is 26.9. The van der Waals surface area contributed by atoms with Crippen molar-refractivity contribution in [1.29, 1.82) is 0 Å². The fourth-order valence-corrected chi connectivity index (χ4v) is 2.18. The summed E-state index contributed by atoms with van der Waals surface area (Å²) >= 11 is 0. The van der Waals surface area contributed by atoms with Gasteiger partial charge in [0.05, 0.1) is 55.5 Å². The van der Waals surface area contributed by atoms with Crippen molar-refractivity contribution in [2.24, 2.45) is 0 Å². The number of nitrogens with zero attached hydrogens (tertiary/aromatic N) is 2. The van der Waals surface area contributed by atoms with Gasteiger partial charge >= 0.3 is 0 Å². The van der Waals surface area contributed by atoms with E-state index in [0.29, 0.717) is 0 Å². The number of unbranched alkanes of at least 4 members (excludes halogenated alkanes) is 8. The molecule has 0 saturated heterocycles. The van der Waals surface area contributed by atoms with Gasteiger partial charge < -0.3 is 41.5 Å². The summed E-state index contributed by atoms with van der Waals surface area (Å²) < 4.78 is 1.69. The van der Waals surface area contributed by atoms with Crippen LogP contribution in [0.2, 0.25) is 0 Å². The number of likely N-dealkylation sites (N-methyl/N-ethyl adjacent to an activating group) is 2. The maximum atomic E-state index is 10.1. The summed E-state index contributed by atoms with van der Waals surface area (Å²) in [4.78, 5) is 10.1. The van der Waals surface area contributed by atoms with Gasteiger partial charge in [-0.2, -0.15) is 0 Å². The van der Waals surface area contributed by atoms with Crippen LogP contribution in [0.3, 0.4) is 0 Å². The number of hydrogen-bond acceptors (Lipinski definition) is 4. The zero-order valence-corrected chi connectivity index (χ0v) is 21.1. The number of hydrogen-bond donors (Lipinski definition) is 2. The van der Waals surface area contributed by atoms with Crippen LogP contribution in [0.4, 0.5) is 0 Å². The number of aliphatic carboxylic acids is 1. The molecular weight excluding hydrogens is 392 g/mol. The number of rotatable bonds is 14. The van der Waals surface area contributed by atoms with E-state index in [1.165, 1.54) is 44.9 Å². The van der Waals surface area contributed by atoms with Gasteiger partial charge in [-0.25, -0.2) is 0 Å². The van der Waals surface area contributed by atoms with Gasteiger partial charge in [-0.05, 0) is 12.8 Å². The summed E-state index contributed by atoms with van der Waals surface area (Å²) in [6.45, 7) is 4.45. The summed E-state index contributed by atoms with van der Waals surface area (Å²) in [6, 6.07) is 0. The van der Waals surface area contributed by atoms with Crippen LogP contribution in [0.5, 0.6) is 0 Å². The van der Waals surface area contributed by atoms with E-state index in [-0.39, 0.29) is 32.0 Å². The number of carboxylic acid groups (broad SMARTS) is 1. The van der Waals surface area contributed by atoms with E-state index in [1.54, 1.807) is 0 Å². The second kappa shape index (κ2) is 23.9. The minimum absolute atomic E-state index is 0. The normalized spacial score (nSPS) is 10.8. The minimum Gasteiger partial charge on any atom is -1.00 e. The van der Waals surface area contributed by atoms with E-state index in [4.69, 9.17) is 10.2 Å². The highest BCUT2D eigenvalue weighted by molar-refractivity contribution is 5.63. The Hall–Kier alpha value is -0.400. The number of carbonyl (C=O) groups excluding carboxylic acids is 1. The average Bonchev–Trinajstić information content (AvgIpc) is 2.52. The summed E-state index contributed by atoms with van der Waals surface area (Å²) in [7, 11) is 12.3. The molecule has 0 aromatic rings. The number of carbonyl (C=O) groups is 1. The first kappa shape index (κ1) is 36.0. The predicted octanol–water partition coefficient (Wildman–Crippen LogP) is -0.969. The lowest BCUT2D eigenvalue weighted by Gasteiger charge is -2.21. The molecule has 180 valence electrons. The summed E-state index contributed by atoms with van der Waals surface area (Å²) in [5.41, 5.74) is 0. The Kier molecular flexibility index (Phi) is 29.6. The lowest BCUT2D eigenvalue weighted by Crippen LogP contribution is -3.00. The number of aliphatic hydroxyl groups is 2. The molecule has 0 saturated carbocycles. The zero-order chi connectivity index (χ0) is 22.5. The third-order valence-electron chi connectivity index (χ3n) is 4.03. The van der Waals surface area contributed by atoms with E-state index >= 15 is 0 Å². The lowest BCUT2D eigenvalue weighted by molar-refractivity contribution is -0.870. The zero-order valence-electron chi connectivity index (χ0n) is 20.4. The fraction of sp³-hybridized carbons (Fsp3) is 0.955. The van der Waals surface area contributed by atoms with E-state index in [1.807, 2.05) is 0 Å². The molecule has 0 aliphatic carbocycles. The van der Waals surface area contributed by atoms with Crippen LogP contribution < -0.4 is 17.5 Å². The molecule has 0 heterocycles. The molecular formula is C22H51ClN2O4. The minimum atomic E-state index is -0.909. The van der Waals surface area contributed by atoms with Crippen LogP contribution in [-0.2, 0) is 4.79 Å². The van der Waals surface area contributed by atoms with Crippen molar-refractivity contribution in [2.75, 3.05) is 68.6 Å². The summed E-state index contributed by atoms with van der Waals surface area (Å²) in [5.74, 6) is -0.909. The first-order valence-electron chi connectivity index (χ1n) is 10.9. The molecule has 0 amide bonds. The maximum Gasteiger partial charge on any atom is 0.101 e. The van der Waals surface area contributed by atoms with Crippen molar-refractivity contribution in [3.8, 4) is 0 Å². The van der Waals surface area contributed by atoms with Crippen LogP contribution in [0.25, 0.3) is 0 Å². The quantitative estimate of drug-likeness (QED) is 0.268. The Morgan fingerprint density at radius 3 is 1.21 bits per heavy atom. The molecule has 0 spiro atoms. The van der Waals surface area contributed by atoms with Crippen LogP contribution >= 0.6 is 0 Å². The van der Waals surface area contributed by atoms with Crippen LogP contribution in [0, 0.1) is 0 Å². The van der Waals surface area contributed by atoms with Gasteiger partial charge in [0.2, 0.25) is 0 Å². The van der Waals surface area contributed by atoms with Gasteiger partial charge in [0.15, 0.2) is 0 Å². The predicted molar refractivity (Wildman–Crippen MR) is 117 cm³/mol. The van der Waals surface area contributed by atoms with Gasteiger partial charge in [-0.15, -0.1) is 0 Å². The molecule has 6 nitrogen and oxygen atoms in total. The second-order valence-corrected chi connectivity index (χ2v) is 9.43. The molecule has 0 aliphatic rings. The van der Waals surface area contributed by atoms with Crippen LogP contribution in [0.1, 0.15) is 71.1 Å². The highest BCUT2D eigenvalue weighted by Crippen LogP contribution is 2.10. The third-order valence-corrected chi connectivity index (χ3v) is 4.03. The second-order valence-electron chi connectivity index (χ2n) is 9.43. The van der Waals surface area contributed by atoms with Gasteiger partial charge in [0.25, 0.3) is 0 Å². The molecule has 2 N–H and O–H groups in total. The number of aliphatic hydroxyl groups excluding tert-OH is 2. The van der Waals surface area contributed by atoms with E-state index in [9.17, 15) is 9.90 Å². The Labute approximate surface area is 187 Å². The van der Waals surface area contributed by atoms with Crippen LogP contribution in [-0.4, -0.2) is 93.7 Å². The monoisotopic (exact) mass is 442 g/mol. The molecule has 0 aromatic carbocycles. The first-order valence-corrected chi connectivity index (χ1v) is 10.9. The molecule has 0 rings (SSSR count). The van der Waals surface area contributed by atoms with Gasteiger partial charge in [0, 0.05) is 5.97 Å². The number of halogens is 1. The van der Waals surface area contributed by atoms with Crippen molar-refractivity contribution in [3.05, 3.63) is 0 Å². The molecule has 0 fully saturated rings. The Morgan fingerprint density at radius 1 is 0.690 bits per heavy atom. The Morgan fingerprint density at radius 2 is 1.00 bits per heavy atom. The molecule has 29 heavy (non-hydrogen) atoms. The Bertz CT molecular complexity index is 314. The van der Waals surface area contributed by atoms with E-state index < -0.39 is 5.97 Å². The number of carboxylic acids is 1. The fourth-order valence-electron chi connectivity index (χ4n) is 2.18.